The van der Waals surface area contributed by atoms with E-state index in [1.54, 1.807) is 19.1 Å². The lowest BCUT2D eigenvalue weighted by molar-refractivity contribution is 0.0730. The number of hydrogen-bond donors (Lipinski definition) is 1. The highest BCUT2D eigenvalue weighted by Crippen LogP contribution is 2.20. The first-order valence-electron chi connectivity index (χ1n) is 7.94. The highest BCUT2D eigenvalue weighted by Gasteiger charge is 2.27. The standard InChI is InChI=1S/C16H25N3O4S/c1-13-4-5-14(24(21,22)19-8-10-23-11-9-19)12-15(13)16(20)17-6-7-18(2)3/h4-5,12H,6-11H2,1-3H3,(H,17,20). The summed E-state index contributed by atoms with van der Waals surface area (Å²) in [5.41, 5.74) is 1.14. The number of ether oxygens (including phenoxy) is 1. The van der Waals surface area contributed by atoms with Crippen molar-refractivity contribution in [2.24, 2.45) is 0 Å². The second-order valence-electron chi connectivity index (χ2n) is 6.05. The van der Waals surface area contributed by atoms with Crippen LogP contribution in [-0.2, 0) is 14.8 Å². The van der Waals surface area contributed by atoms with E-state index in [1.165, 1.54) is 10.4 Å². The van der Waals surface area contributed by atoms with Crippen LogP contribution in [0.25, 0.3) is 0 Å². The van der Waals surface area contributed by atoms with Crippen LogP contribution in [0.15, 0.2) is 23.1 Å². The highest BCUT2D eigenvalue weighted by atomic mass is 32.2. The molecule has 8 heteroatoms. The van der Waals surface area contributed by atoms with Gasteiger partial charge in [-0.1, -0.05) is 6.07 Å². The number of carbonyl (C=O) groups is 1. The van der Waals surface area contributed by atoms with Crippen LogP contribution in [0.1, 0.15) is 15.9 Å². The highest BCUT2D eigenvalue weighted by molar-refractivity contribution is 7.89. The molecule has 0 aliphatic carbocycles. The zero-order valence-electron chi connectivity index (χ0n) is 14.4. The fraction of sp³-hybridized carbons (Fsp3) is 0.562. The maximum atomic E-state index is 12.7. The van der Waals surface area contributed by atoms with Gasteiger partial charge in [-0.3, -0.25) is 4.79 Å². The Hall–Kier alpha value is -1.48. The van der Waals surface area contributed by atoms with Gasteiger partial charge >= 0.3 is 0 Å². The predicted molar refractivity (Wildman–Crippen MR) is 91.6 cm³/mol. The maximum absolute atomic E-state index is 12.7. The maximum Gasteiger partial charge on any atom is 0.251 e. The zero-order chi connectivity index (χ0) is 17.7. The number of hydrogen-bond acceptors (Lipinski definition) is 5. The molecule has 0 spiro atoms. The molecule has 1 aromatic rings. The van der Waals surface area contributed by atoms with Gasteiger partial charge in [-0.05, 0) is 38.7 Å². The molecule has 134 valence electrons. The summed E-state index contributed by atoms with van der Waals surface area (Å²) in [6, 6.07) is 4.69. The molecule has 2 rings (SSSR count). The van der Waals surface area contributed by atoms with Crippen molar-refractivity contribution in [2.75, 3.05) is 53.5 Å². The van der Waals surface area contributed by atoms with Crippen LogP contribution in [0.3, 0.4) is 0 Å². The Morgan fingerprint density at radius 2 is 1.96 bits per heavy atom. The van der Waals surface area contributed by atoms with Gasteiger partial charge in [0, 0.05) is 31.7 Å². The third kappa shape index (κ3) is 4.54. The van der Waals surface area contributed by atoms with Crippen LogP contribution in [0, 0.1) is 6.92 Å². The third-order valence-electron chi connectivity index (χ3n) is 3.91. The Balaban J connectivity index is 2.19. The summed E-state index contributed by atoms with van der Waals surface area (Å²) < 4.78 is 32.0. The molecule has 0 saturated carbocycles. The quantitative estimate of drug-likeness (QED) is 0.794. The van der Waals surface area contributed by atoms with Crippen LogP contribution in [-0.4, -0.2) is 77.0 Å². The number of amides is 1. The van der Waals surface area contributed by atoms with Gasteiger partial charge in [0.05, 0.1) is 18.1 Å². The molecule has 1 aliphatic rings. The minimum atomic E-state index is -3.60. The Morgan fingerprint density at radius 3 is 2.58 bits per heavy atom. The Bertz CT molecular complexity index is 683. The Morgan fingerprint density at radius 1 is 1.29 bits per heavy atom. The minimum absolute atomic E-state index is 0.146. The lowest BCUT2D eigenvalue weighted by Crippen LogP contribution is -2.40. The third-order valence-corrected chi connectivity index (χ3v) is 5.80. The molecule has 0 atom stereocenters. The van der Waals surface area contributed by atoms with Gasteiger partial charge in [0.2, 0.25) is 10.0 Å². The van der Waals surface area contributed by atoms with E-state index in [0.29, 0.717) is 38.4 Å². The molecule has 1 N–H and O–H groups in total. The molecular formula is C16H25N3O4S. The fourth-order valence-electron chi connectivity index (χ4n) is 2.43. The van der Waals surface area contributed by atoms with E-state index in [1.807, 2.05) is 19.0 Å². The number of nitrogens with one attached hydrogen (secondary N) is 1. The van der Waals surface area contributed by atoms with Crippen LogP contribution >= 0.6 is 0 Å². The minimum Gasteiger partial charge on any atom is -0.379 e. The summed E-state index contributed by atoms with van der Waals surface area (Å²) in [5, 5.41) is 2.82. The van der Waals surface area contributed by atoms with E-state index < -0.39 is 10.0 Å². The van der Waals surface area contributed by atoms with Crippen LogP contribution in [0.5, 0.6) is 0 Å². The van der Waals surface area contributed by atoms with Crippen molar-refractivity contribution in [3.63, 3.8) is 0 Å². The number of aryl methyl sites for hydroxylation is 1. The van der Waals surface area contributed by atoms with Gasteiger partial charge in [-0.2, -0.15) is 4.31 Å². The van der Waals surface area contributed by atoms with Crippen LogP contribution in [0.4, 0.5) is 0 Å². The molecule has 1 fully saturated rings. The zero-order valence-corrected chi connectivity index (χ0v) is 15.2. The van der Waals surface area contributed by atoms with E-state index in [4.69, 9.17) is 4.74 Å². The lowest BCUT2D eigenvalue weighted by Gasteiger charge is -2.26. The number of likely N-dealkylation sites (N-methyl/N-ethyl adjacent to an activating group) is 1. The SMILES string of the molecule is Cc1ccc(S(=O)(=O)N2CCOCC2)cc1C(=O)NCCN(C)C. The molecular weight excluding hydrogens is 330 g/mol. The van der Waals surface area contributed by atoms with Gasteiger partial charge < -0.3 is 15.0 Å². The van der Waals surface area contributed by atoms with Crippen LogP contribution < -0.4 is 5.32 Å². The van der Waals surface area contributed by atoms with Gasteiger partial charge in [0.25, 0.3) is 5.91 Å². The average molecular weight is 355 g/mol. The smallest absolute Gasteiger partial charge is 0.251 e. The van der Waals surface area contributed by atoms with Gasteiger partial charge in [-0.15, -0.1) is 0 Å². The number of morpholine rings is 1. The Kier molecular flexibility index (Phi) is 6.34. The topological polar surface area (TPSA) is 78.9 Å². The molecule has 0 unspecified atom stereocenters. The summed E-state index contributed by atoms with van der Waals surface area (Å²) in [6.45, 7) is 4.47. The number of benzene rings is 1. The van der Waals surface area contributed by atoms with Crippen molar-refractivity contribution in [2.45, 2.75) is 11.8 Å². The average Bonchev–Trinajstić information content (AvgIpc) is 2.55. The molecule has 1 aliphatic heterocycles. The Labute approximate surface area is 143 Å². The van der Waals surface area contributed by atoms with Crippen molar-refractivity contribution in [3.05, 3.63) is 29.3 Å². The van der Waals surface area contributed by atoms with E-state index in [0.717, 1.165) is 12.1 Å². The van der Waals surface area contributed by atoms with Crippen molar-refractivity contribution in [1.29, 1.82) is 0 Å². The van der Waals surface area contributed by atoms with E-state index in [2.05, 4.69) is 5.32 Å². The van der Waals surface area contributed by atoms with Crippen molar-refractivity contribution >= 4 is 15.9 Å². The van der Waals surface area contributed by atoms with Gasteiger partial charge in [-0.25, -0.2) is 8.42 Å². The first-order valence-corrected chi connectivity index (χ1v) is 9.38. The summed E-state index contributed by atoms with van der Waals surface area (Å²) in [7, 11) is 0.243. The van der Waals surface area contributed by atoms with Gasteiger partial charge in [0.1, 0.15) is 0 Å². The molecule has 1 heterocycles. The number of carbonyl (C=O) groups excluding carboxylic acids is 1. The molecule has 1 saturated heterocycles. The number of nitrogens with zero attached hydrogens (tertiary/aromatic N) is 2. The molecule has 7 nitrogen and oxygen atoms in total. The monoisotopic (exact) mass is 355 g/mol. The van der Waals surface area contributed by atoms with Crippen molar-refractivity contribution in [3.8, 4) is 0 Å². The fourth-order valence-corrected chi connectivity index (χ4v) is 3.87. The summed E-state index contributed by atoms with van der Waals surface area (Å²) in [5.74, 6) is -0.256. The van der Waals surface area contributed by atoms with Crippen LogP contribution in [0.2, 0.25) is 0 Å². The van der Waals surface area contributed by atoms with Gasteiger partial charge in [0.15, 0.2) is 0 Å². The second-order valence-corrected chi connectivity index (χ2v) is 7.99. The molecule has 1 amide bonds. The normalized spacial score (nSPS) is 16.3. The van der Waals surface area contributed by atoms with E-state index in [-0.39, 0.29) is 10.8 Å². The predicted octanol–water partition coefficient (Wildman–Crippen LogP) is 0.307. The molecule has 1 aromatic carbocycles. The molecule has 0 radical (unpaired) electrons. The largest absolute Gasteiger partial charge is 0.379 e. The molecule has 0 aromatic heterocycles. The summed E-state index contributed by atoms with van der Waals surface area (Å²) in [4.78, 5) is 14.5. The van der Waals surface area contributed by atoms with E-state index in [9.17, 15) is 13.2 Å². The van der Waals surface area contributed by atoms with E-state index >= 15 is 0 Å². The second kappa shape index (κ2) is 8.06. The number of sulfonamides is 1. The summed E-state index contributed by atoms with van der Waals surface area (Å²) >= 11 is 0. The molecule has 24 heavy (non-hydrogen) atoms. The van der Waals surface area contributed by atoms with Crippen molar-refractivity contribution in [1.82, 2.24) is 14.5 Å². The lowest BCUT2D eigenvalue weighted by atomic mass is 10.1. The molecule has 0 bridgehead atoms. The number of rotatable bonds is 6. The summed E-state index contributed by atoms with van der Waals surface area (Å²) in [6.07, 6.45) is 0. The first-order chi connectivity index (χ1) is 11.3. The van der Waals surface area contributed by atoms with Crippen molar-refractivity contribution < 1.29 is 17.9 Å². The first kappa shape index (κ1) is 18.9.